The van der Waals surface area contributed by atoms with E-state index in [-0.39, 0.29) is 76.2 Å². The molecule has 3 aromatic carbocycles. The minimum Gasteiger partial charge on any atom is -0.394 e. The molecule has 13 amide bonds. The van der Waals surface area contributed by atoms with Gasteiger partial charge in [-0.15, -0.1) is 11.8 Å². The molecule has 0 radical (unpaired) electrons. The predicted octanol–water partition coefficient (Wildman–Crippen LogP) is -2.25. The second-order valence-electron chi connectivity index (χ2n) is 28.3. The first kappa shape index (κ1) is 87.1. The highest BCUT2D eigenvalue weighted by Gasteiger charge is 2.39. The summed E-state index contributed by atoms with van der Waals surface area (Å²) in [6.45, 7) is 9.29. The lowest BCUT2D eigenvalue weighted by Crippen LogP contribution is -2.62. The SMILES string of the molecule is CC[C@H](C)[C@@H]1NC(=O)[C@H](Cc2c[nH]c3ccccc23)NC(=O)CSC[C@@H](C(N)=O)NC(=O)[C@H](C(C)C)NC(=O)[C@H](Cc2c[nH]c3ccccc23)NC(=O)[C@H](CCCCN)NC(=O)[C@H](C(C)C)NC(=O)[C@H](Cc2c[nH]c3ccccc23)NC(=O)[C@H]([C@@H](C)O)NC(=O)[C@H](CCCN=C(N)N)NC(=O)CNC(=O)[C@H](CO)NC1=O. The highest BCUT2D eigenvalue weighted by Crippen LogP contribution is 2.24. The number of fused-ring (bicyclic) bond motifs is 3. The van der Waals surface area contributed by atoms with Crippen LogP contribution in [0.5, 0.6) is 0 Å². The number of guanidine groups is 1. The molecule has 1 saturated heterocycles. The fraction of sp³-hybridized carbons (Fsp3) is 0.493. The first-order valence-electron chi connectivity index (χ1n) is 37.1. The van der Waals surface area contributed by atoms with Crippen LogP contribution in [0.2, 0.25) is 0 Å². The monoisotopic (exact) mass is 1560 g/mol. The van der Waals surface area contributed by atoms with E-state index in [4.69, 9.17) is 22.9 Å². The third-order valence-electron chi connectivity index (χ3n) is 19.2. The van der Waals surface area contributed by atoms with Gasteiger partial charge in [0.1, 0.15) is 66.5 Å². The molecule has 4 heterocycles. The topological polar surface area (TPSA) is 571 Å². The van der Waals surface area contributed by atoms with E-state index in [0.29, 0.717) is 55.8 Å². The number of rotatable bonds is 21. The average molecular weight is 1560 g/mol. The number of nitrogens with zero attached hydrogens (tertiary/aromatic N) is 1. The number of aliphatic imine (C=N–C) groups is 1. The maximum absolute atomic E-state index is 15.0. The van der Waals surface area contributed by atoms with Gasteiger partial charge in [-0.3, -0.25) is 67.3 Å². The Hall–Kier alpha value is -11.1. The van der Waals surface area contributed by atoms with Gasteiger partial charge < -0.3 is 112 Å². The molecule has 35 nitrogen and oxygen atoms in total. The van der Waals surface area contributed by atoms with Gasteiger partial charge in [0.05, 0.1) is 25.0 Å². The number of amides is 13. The van der Waals surface area contributed by atoms with E-state index in [9.17, 15) is 63.0 Å². The first-order valence-corrected chi connectivity index (χ1v) is 38.2. The number of hydrogen-bond donors (Lipinski definition) is 21. The zero-order valence-corrected chi connectivity index (χ0v) is 64.1. The lowest BCUT2D eigenvalue weighted by Gasteiger charge is -2.30. The molecule has 0 saturated carbocycles. The van der Waals surface area contributed by atoms with Crippen LogP contribution in [-0.4, -0.2) is 218 Å². The van der Waals surface area contributed by atoms with E-state index < -0.39 is 186 Å². The van der Waals surface area contributed by atoms with Crippen LogP contribution in [-0.2, 0) is 81.6 Å². The van der Waals surface area contributed by atoms with Gasteiger partial charge in [0.2, 0.25) is 76.8 Å². The highest BCUT2D eigenvalue weighted by molar-refractivity contribution is 8.00. The van der Waals surface area contributed by atoms with Crippen molar-refractivity contribution in [1.82, 2.24) is 78.8 Å². The van der Waals surface area contributed by atoms with Crippen molar-refractivity contribution in [3.8, 4) is 0 Å². The van der Waals surface area contributed by atoms with Crippen molar-refractivity contribution in [3.05, 3.63) is 108 Å². The van der Waals surface area contributed by atoms with Crippen molar-refractivity contribution in [2.45, 2.75) is 179 Å². The molecule has 0 unspecified atom stereocenters. The van der Waals surface area contributed by atoms with Gasteiger partial charge in [-0.2, -0.15) is 0 Å². The number of nitrogens with one attached hydrogen (secondary N) is 15. The lowest BCUT2D eigenvalue weighted by molar-refractivity contribution is -0.137. The smallest absolute Gasteiger partial charge is 0.245 e. The molecule has 1 aliphatic rings. The third-order valence-corrected chi connectivity index (χ3v) is 20.2. The maximum Gasteiger partial charge on any atom is 0.245 e. The van der Waals surface area contributed by atoms with Crippen LogP contribution in [0.25, 0.3) is 32.7 Å². The number of carbonyl (C=O) groups excluding carboxylic acids is 13. The molecular weight excluding hydrogens is 1450 g/mol. The van der Waals surface area contributed by atoms with Gasteiger partial charge in [-0.25, -0.2) is 0 Å². The van der Waals surface area contributed by atoms with E-state index in [1.54, 1.807) is 127 Å². The van der Waals surface area contributed by atoms with Crippen molar-refractivity contribution < 1.29 is 72.5 Å². The summed E-state index contributed by atoms with van der Waals surface area (Å²) in [5.41, 5.74) is 26.7. The molecule has 1 aliphatic heterocycles. The molecule has 1 fully saturated rings. The molecular formula is C75H106N20O15S. The minimum atomic E-state index is -1.86. The van der Waals surface area contributed by atoms with Crippen molar-refractivity contribution in [1.29, 1.82) is 0 Å². The number of carbonyl (C=O) groups is 13. The zero-order chi connectivity index (χ0) is 81.2. The van der Waals surface area contributed by atoms with Crippen molar-refractivity contribution in [2.75, 3.05) is 37.7 Å². The van der Waals surface area contributed by atoms with Crippen molar-refractivity contribution >= 4 is 127 Å². The Balaban J connectivity index is 1.26. The minimum absolute atomic E-state index is 0.0338. The molecule has 6 aromatic rings. The number of aromatic amines is 3. The number of para-hydroxylation sites is 3. The van der Waals surface area contributed by atoms with Crippen LogP contribution >= 0.6 is 11.8 Å². The largest absolute Gasteiger partial charge is 0.394 e. The number of hydrogen-bond acceptors (Lipinski definition) is 18. The molecule has 0 aliphatic carbocycles. The number of primary amides is 1. The maximum atomic E-state index is 15.0. The standard InChI is InChI=1S/C75H106N20O15S/c1-8-40(6)62-73(109)90-56(35-96)65(101)84-34-58(98)85-51(25-17-27-80-75(78)79)67(103)95-63(41(7)97)74(110)89-55(30-44-33-83-50-23-14-11-20-47(44)50)70(106)92-60(38(2)3)71(107)87-52(24-15-16-26-76)66(102)88-54(29-43-32-82-49-22-13-10-19-46(43)49)69(105)93-61(39(4)5)72(108)91-57(64(77)100)36-111-37-59(99)86-53(68(104)94-62)28-42-31-81-48-21-12-9-18-45(42)48/h9-14,18-23,31-33,38-41,51-57,60-63,81-83,96-97H,8,15-17,24-30,34-37,76H2,1-7H3,(H2,77,100)(H,84,101)(H,85,98)(H,86,99)(H,87,107)(H,88,102)(H,89,110)(H,90,109)(H,91,108)(H,92,106)(H,93,105)(H,94,104)(H,95,103)(H4,78,79,80)/t40-,41+,51-,52-,53-,54-,55-,56-,57-,60-,61-,62-,63-/m0/s1. The van der Waals surface area contributed by atoms with Crippen LogP contribution in [0.1, 0.15) is 104 Å². The second-order valence-corrected chi connectivity index (χ2v) is 29.4. The average Bonchev–Trinajstić information content (AvgIpc) is 1.73. The quantitative estimate of drug-likeness (QED) is 0.0206. The molecule has 25 N–H and O–H groups in total. The molecule has 3 aromatic heterocycles. The summed E-state index contributed by atoms with van der Waals surface area (Å²) in [7, 11) is 0. The molecule has 111 heavy (non-hydrogen) atoms. The van der Waals surface area contributed by atoms with Gasteiger partial charge in [0, 0.05) is 82.9 Å². The number of aromatic nitrogens is 3. The van der Waals surface area contributed by atoms with E-state index in [2.05, 4.69) is 83.7 Å². The fourth-order valence-corrected chi connectivity index (χ4v) is 13.5. The van der Waals surface area contributed by atoms with Gasteiger partial charge in [0.25, 0.3) is 0 Å². The summed E-state index contributed by atoms with van der Waals surface area (Å²) in [4.78, 5) is 201. The predicted molar refractivity (Wildman–Crippen MR) is 417 cm³/mol. The van der Waals surface area contributed by atoms with Gasteiger partial charge >= 0.3 is 0 Å². The molecule has 0 spiro atoms. The number of benzene rings is 3. The third kappa shape index (κ3) is 25.2. The number of unbranched alkanes of at least 4 members (excludes halogenated alkanes) is 1. The Bertz CT molecular complexity index is 4290. The molecule has 36 heteroatoms. The molecule has 7 rings (SSSR count). The molecule has 13 atom stereocenters. The van der Waals surface area contributed by atoms with Gasteiger partial charge in [-0.1, -0.05) is 103 Å². The normalized spacial score (nSPS) is 23.7. The summed E-state index contributed by atoms with van der Waals surface area (Å²) in [5.74, 6) is -15.2. The lowest BCUT2D eigenvalue weighted by atomic mass is 9.96. The highest BCUT2D eigenvalue weighted by atomic mass is 32.2. The second kappa shape index (κ2) is 42.2. The summed E-state index contributed by atoms with van der Waals surface area (Å²) in [6.07, 6.45) is 3.42. The Kier molecular flexibility index (Phi) is 33.1. The summed E-state index contributed by atoms with van der Waals surface area (Å²) in [5, 5.41) is 55.4. The van der Waals surface area contributed by atoms with Gasteiger partial charge in [-0.05, 0) is 98.2 Å². The number of H-pyrrole nitrogens is 3. The number of aliphatic hydroxyl groups excluding tert-OH is 2. The summed E-state index contributed by atoms with van der Waals surface area (Å²) >= 11 is 0.868. The fourth-order valence-electron chi connectivity index (χ4n) is 12.7. The summed E-state index contributed by atoms with van der Waals surface area (Å²) in [6, 6.07) is 4.75. The Morgan fingerprint density at radius 2 is 0.874 bits per heavy atom. The van der Waals surface area contributed by atoms with Crippen LogP contribution in [0.4, 0.5) is 0 Å². The van der Waals surface area contributed by atoms with E-state index in [1.807, 2.05) is 6.07 Å². The number of aliphatic hydroxyl groups is 2. The van der Waals surface area contributed by atoms with Crippen LogP contribution in [0.3, 0.4) is 0 Å². The van der Waals surface area contributed by atoms with Crippen molar-refractivity contribution in [3.63, 3.8) is 0 Å². The van der Waals surface area contributed by atoms with E-state index >= 15 is 9.59 Å². The van der Waals surface area contributed by atoms with Gasteiger partial charge in [0.15, 0.2) is 5.96 Å². The van der Waals surface area contributed by atoms with Crippen LogP contribution in [0, 0.1) is 17.8 Å². The van der Waals surface area contributed by atoms with E-state index in [1.165, 1.54) is 6.92 Å². The van der Waals surface area contributed by atoms with Crippen LogP contribution < -0.4 is 86.7 Å². The first-order chi connectivity index (χ1) is 52.9. The van der Waals surface area contributed by atoms with Crippen LogP contribution in [0.15, 0.2) is 96.4 Å². The molecule has 602 valence electrons. The van der Waals surface area contributed by atoms with Crippen molar-refractivity contribution in [2.24, 2.45) is 45.7 Å². The Morgan fingerprint density at radius 3 is 1.34 bits per heavy atom. The number of nitrogens with two attached hydrogens (primary N) is 4. The molecule has 0 bridgehead atoms. The zero-order valence-electron chi connectivity index (χ0n) is 63.3. The Labute approximate surface area is 645 Å². The van der Waals surface area contributed by atoms with E-state index in [0.717, 1.165) is 11.8 Å². The Morgan fingerprint density at radius 1 is 0.477 bits per heavy atom. The summed E-state index contributed by atoms with van der Waals surface area (Å²) < 4.78 is 0. The number of thioether (sulfide) groups is 1.